The van der Waals surface area contributed by atoms with Crippen LogP contribution >= 0.6 is 15.9 Å². The van der Waals surface area contributed by atoms with Gasteiger partial charge in [0, 0.05) is 10.4 Å². The van der Waals surface area contributed by atoms with E-state index in [1.54, 1.807) is 6.92 Å². The van der Waals surface area contributed by atoms with E-state index in [9.17, 15) is 8.78 Å². The predicted molar refractivity (Wildman–Crippen MR) is 66.8 cm³/mol. The van der Waals surface area contributed by atoms with Crippen molar-refractivity contribution in [3.05, 3.63) is 34.9 Å². The van der Waals surface area contributed by atoms with E-state index in [0.29, 0.717) is 17.0 Å². The molecule has 0 fully saturated rings. The number of hydrogen-bond donors (Lipinski definition) is 0. The molecule has 0 aromatic heterocycles. The fraction of sp³-hybridized carbons (Fsp3) is 0.538. The smallest absolute Gasteiger partial charge is 0.128 e. The van der Waals surface area contributed by atoms with Crippen molar-refractivity contribution >= 4 is 15.9 Å². The predicted octanol–water partition coefficient (Wildman–Crippen LogP) is 5.00. The Labute approximate surface area is 104 Å². The molecule has 0 spiro atoms. The fourth-order valence-corrected chi connectivity index (χ4v) is 2.46. The molecule has 90 valence electrons. The Hall–Kier alpha value is -0.440. The summed E-state index contributed by atoms with van der Waals surface area (Å²) in [6.07, 6.45) is 0. The first-order valence-electron chi connectivity index (χ1n) is 5.44. The molecule has 0 bridgehead atoms. The summed E-state index contributed by atoms with van der Waals surface area (Å²) in [4.78, 5) is -0.150. The molecular formula is C13H17BrF2. The Morgan fingerprint density at radius 3 is 2.12 bits per heavy atom. The van der Waals surface area contributed by atoms with Crippen LogP contribution in [0.4, 0.5) is 8.78 Å². The molecule has 0 saturated carbocycles. The molecule has 2 atom stereocenters. The topological polar surface area (TPSA) is 0 Å². The SMILES string of the molecule is Cc1cc(F)c(C(Br)C(C)C(C)C)cc1F. The molecule has 1 aromatic carbocycles. The Balaban J connectivity index is 3.08. The summed E-state index contributed by atoms with van der Waals surface area (Å²) in [5, 5.41) is 0. The van der Waals surface area contributed by atoms with Crippen LogP contribution in [-0.4, -0.2) is 0 Å². The lowest BCUT2D eigenvalue weighted by Gasteiger charge is -2.23. The van der Waals surface area contributed by atoms with Gasteiger partial charge < -0.3 is 0 Å². The van der Waals surface area contributed by atoms with Crippen molar-refractivity contribution < 1.29 is 8.78 Å². The quantitative estimate of drug-likeness (QED) is 0.687. The summed E-state index contributed by atoms with van der Waals surface area (Å²) in [7, 11) is 0. The second kappa shape index (κ2) is 5.26. The molecule has 0 amide bonds. The van der Waals surface area contributed by atoms with Crippen molar-refractivity contribution in [3.63, 3.8) is 0 Å². The highest BCUT2D eigenvalue weighted by atomic mass is 79.9. The van der Waals surface area contributed by atoms with E-state index in [1.165, 1.54) is 12.1 Å². The highest BCUT2D eigenvalue weighted by Gasteiger charge is 2.23. The molecule has 0 heterocycles. The molecule has 1 aromatic rings. The number of benzene rings is 1. The van der Waals surface area contributed by atoms with E-state index in [1.807, 2.05) is 6.92 Å². The zero-order chi connectivity index (χ0) is 12.5. The highest BCUT2D eigenvalue weighted by Crippen LogP contribution is 2.37. The van der Waals surface area contributed by atoms with Crippen molar-refractivity contribution in [2.75, 3.05) is 0 Å². The third-order valence-corrected chi connectivity index (χ3v) is 4.42. The summed E-state index contributed by atoms with van der Waals surface area (Å²) >= 11 is 3.45. The Morgan fingerprint density at radius 2 is 1.62 bits per heavy atom. The summed E-state index contributed by atoms with van der Waals surface area (Å²) in [5.74, 6) is -0.0326. The van der Waals surface area contributed by atoms with E-state index >= 15 is 0 Å². The summed E-state index contributed by atoms with van der Waals surface area (Å²) in [6, 6.07) is 2.55. The fourth-order valence-electron chi connectivity index (χ4n) is 1.49. The van der Waals surface area contributed by atoms with Crippen molar-refractivity contribution in [3.8, 4) is 0 Å². The van der Waals surface area contributed by atoms with Crippen LogP contribution in [0.25, 0.3) is 0 Å². The third kappa shape index (κ3) is 2.82. The minimum Gasteiger partial charge on any atom is -0.207 e. The second-order valence-electron chi connectivity index (χ2n) is 4.63. The highest BCUT2D eigenvalue weighted by molar-refractivity contribution is 9.09. The molecule has 0 saturated heterocycles. The first kappa shape index (κ1) is 13.6. The molecule has 1 rings (SSSR count). The number of alkyl halides is 1. The van der Waals surface area contributed by atoms with Crippen LogP contribution < -0.4 is 0 Å². The van der Waals surface area contributed by atoms with Gasteiger partial charge in [0.25, 0.3) is 0 Å². The number of aryl methyl sites for hydroxylation is 1. The van der Waals surface area contributed by atoms with Gasteiger partial charge in [0.15, 0.2) is 0 Å². The standard InChI is InChI=1S/C13H17BrF2/c1-7(2)9(4)13(14)10-6-11(15)8(3)5-12(10)16/h5-7,9,13H,1-4H3. The molecular weight excluding hydrogens is 274 g/mol. The Morgan fingerprint density at radius 1 is 1.06 bits per heavy atom. The van der Waals surface area contributed by atoms with E-state index in [-0.39, 0.29) is 22.4 Å². The van der Waals surface area contributed by atoms with E-state index in [4.69, 9.17) is 0 Å². The monoisotopic (exact) mass is 290 g/mol. The minimum absolute atomic E-state index is 0.150. The lowest BCUT2D eigenvalue weighted by atomic mass is 9.90. The third-order valence-electron chi connectivity index (χ3n) is 3.09. The van der Waals surface area contributed by atoms with Crippen molar-refractivity contribution in [1.82, 2.24) is 0 Å². The van der Waals surface area contributed by atoms with E-state index < -0.39 is 0 Å². The van der Waals surface area contributed by atoms with Gasteiger partial charge in [0.1, 0.15) is 11.6 Å². The van der Waals surface area contributed by atoms with Gasteiger partial charge in [-0.05, 0) is 36.5 Å². The zero-order valence-corrected chi connectivity index (χ0v) is 11.6. The van der Waals surface area contributed by atoms with E-state index in [2.05, 4.69) is 29.8 Å². The molecule has 2 unspecified atom stereocenters. The summed E-state index contributed by atoms with van der Waals surface area (Å²) < 4.78 is 27.1. The Kier molecular flexibility index (Phi) is 4.48. The van der Waals surface area contributed by atoms with Crippen LogP contribution in [0.2, 0.25) is 0 Å². The van der Waals surface area contributed by atoms with Crippen LogP contribution in [0, 0.1) is 30.4 Å². The van der Waals surface area contributed by atoms with Crippen LogP contribution in [-0.2, 0) is 0 Å². The lowest BCUT2D eigenvalue weighted by Crippen LogP contribution is -2.12. The van der Waals surface area contributed by atoms with Gasteiger partial charge in [-0.15, -0.1) is 0 Å². The molecule has 3 heteroatoms. The summed E-state index contributed by atoms with van der Waals surface area (Å²) in [6.45, 7) is 7.74. The minimum atomic E-state index is -0.350. The van der Waals surface area contributed by atoms with Crippen molar-refractivity contribution in [1.29, 1.82) is 0 Å². The average molecular weight is 291 g/mol. The van der Waals surface area contributed by atoms with Gasteiger partial charge in [-0.2, -0.15) is 0 Å². The zero-order valence-electron chi connectivity index (χ0n) is 10.0. The van der Waals surface area contributed by atoms with Gasteiger partial charge in [-0.3, -0.25) is 0 Å². The van der Waals surface area contributed by atoms with E-state index in [0.717, 1.165) is 0 Å². The van der Waals surface area contributed by atoms with Gasteiger partial charge in [-0.25, -0.2) is 8.78 Å². The van der Waals surface area contributed by atoms with Crippen LogP contribution in [0.1, 0.15) is 36.7 Å². The van der Waals surface area contributed by atoms with Crippen molar-refractivity contribution in [2.24, 2.45) is 11.8 Å². The lowest BCUT2D eigenvalue weighted by molar-refractivity contribution is 0.406. The maximum absolute atomic E-state index is 13.7. The van der Waals surface area contributed by atoms with Crippen molar-refractivity contribution in [2.45, 2.75) is 32.5 Å². The maximum Gasteiger partial charge on any atom is 0.128 e. The number of hydrogen-bond acceptors (Lipinski definition) is 0. The number of halogens is 3. The molecule has 0 aliphatic carbocycles. The molecule has 0 nitrogen and oxygen atoms in total. The molecule has 0 N–H and O–H groups in total. The van der Waals surface area contributed by atoms with Gasteiger partial charge in [0.05, 0.1) is 0 Å². The summed E-state index contributed by atoms with van der Waals surface area (Å²) in [5.41, 5.74) is 0.752. The molecule has 0 aliphatic heterocycles. The van der Waals surface area contributed by atoms with Gasteiger partial charge >= 0.3 is 0 Å². The first-order chi connectivity index (χ1) is 7.34. The van der Waals surface area contributed by atoms with Crippen LogP contribution in [0.5, 0.6) is 0 Å². The van der Waals surface area contributed by atoms with Crippen LogP contribution in [0.15, 0.2) is 12.1 Å². The largest absolute Gasteiger partial charge is 0.207 e. The number of rotatable bonds is 3. The second-order valence-corrected chi connectivity index (χ2v) is 5.61. The first-order valence-corrected chi connectivity index (χ1v) is 6.35. The normalized spacial score (nSPS) is 15.2. The molecule has 0 radical (unpaired) electrons. The van der Waals surface area contributed by atoms with Crippen LogP contribution in [0.3, 0.4) is 0 Å². The maximum atomic E-state index is 13.7. The Bertz CT molecular complexity index is 374. The average Bonchev–Trinajstić information content (AvgIpc) is 2.21. The van der Waals surface area contributed by atoms with Gasteiger partial charge in [-0.1, -0.05) is 36.7 Å². The van der Waals surface area contributed by atoms with Gasteiger partial charge in [0.2, 0.25) is 0 Å². The molecule has 0 aliphatic rings. The molecule has 16 heavy (non-hydrogen) atoms.